The van der Waals surface area contributed by atoms with Gasteiger partial charge in [-0.1, -0.05) is 30.3 Å². The molecule has 1 aliphatic heterocycles. The van der Waals surface area contributed by atoms with Crippen molar-refractivity contribution in [3.8, 4) is 0 Å². The maximum absolute atomic E-state index is 13.2. The molecule has 9 nitrogen and oxygen atoms in total. The molecule has 1 heterocycles. The van der Waals surface area contributed by atoms with Gasteiger partial charge in [-0.05, 0) is 51.0 Å². The molecule has 0 aliphatic carbocycles. The van der Waals surface area contributed by atoms with Crippen molar-refractivity contribution in [1.82, 2.24) is 15.1 Å². The molecule has 0 radical (unpaired) electrons. The monoisotopic (exact) mass is 438 g/mol. The Balaban J connectivity index is 1.81. The lowest BCUT2D eigenvalue weighted by Gasteiger charge is -2.36. The molecule has 2 aromatic carbocycles. The van der Waals surface area contributed by atoms with Crippen LogP contribution in [0.3, 0.4) is 0 Å². The van der Waals surface area contributed by atoms with E-state index in [1.807, 2.05) is 51.1 Å². The summed E-state index contributed by atoms with van der Waals surface area (Å²) < 4.78 is 0. The zero-order valence-corrected chi connectivity index (χ0v) is 18.5. The fraction of sp³-hybridized carbons (Fsp3) is 0.348. The Labute approximate surface area is 186 Å². The highest BCUT2D eigenvalue weighted by atomic mass is 16.6. The third-order valence-electron chi connectivity index (χ3n) is 5.52. The van der Waals surface area contributed by atoms with Gasteiger partial charge in [0.05, 0.1) is 4.92 Å². The molecule has 32 heavy (non-hydrogen) atoms. The molecule has 1 saturated heterocycles. The predicted octanol–water partition coefficient (Wildman–Crippen LogP) is 3.19. The van der Waals surface area contributed by atoms with Crippen LogP contribution in [0.4, 0.5) is 10.5 Å². The number of carbonyl (C=O) groups excluding carboxylic acids is 3. The van der Waals surface area contributed by atoms with Gasteiger partial charge in [0.25, 0.3) is 11.6 Å². The Morgan fingerprint density at radius 3 is 2.22 bits per heavy atom. The number of carbonyl (C=O) groups is 3. The van der Waals surface area contributed by atoms with Crippen LogP contribution in [0.25, 0.3) is 0 Å². The van der Waals surface area contributed by atoms with Crippen LogP contribution in [-0.2, 0) is 21.7 Å². The summed E-state index contributed by atoms with van der Waals surface area (Å²) in [6, 6.07) is 14.2. The first-order valence-corrected chi connectivity index (χ1v) is 10.2. The fourth-order valence-electron chi connectivity index (χ4n) is 3.64. The van der Waals surface area contributed by atoms with E-state index in [1.54, 1.807) is 4.90 Å². The van der Waals surface area contributed by atoms with Crippen LogP contribution in [0.5, 0.6) is 0 Å². The quantitative estimate of drug-likeness (QED) is 0.423. The summed E-state index contributed by atoms with van der Waals surface area (Å²) in [4.78, 5) is 51.9. The van der Waals surface area contributed by atoms with Gasteiger partial charge in [-0.2, -0.15) is 0 Å². The van der Waals surface area contributed by atoms with E-state index in [1.165, 1.54) is 31.2 Å². The summed E-state index contributed by atoms with van der Waals surface area (Å²) in [6.07, 6.45) is 0. The Hall–Kier alpha value is -3.75. The van der Waals surface area contributed by atoms with Crippen molar-refractivity contribution in [2.45, 2.75) is 45.3 Å². The SMILES string of the molecule is CC(C)(C)N(Cc1ccccc1)C(=O)CN1C(=O)N[C@@](C)(c2ccc([N+](=O)[O-])cc2)C1=O. The van der Waals surface area contributed by atoms with E-state index in [0.717, 1.165) is 10.5 Å². The molecule has 1 atom stereocenters. The second-order valence-corrected chi connectivity index (χ2v) is 8.89. The number of nitro groups is 1. The molecule has 0 spiro atoms. The number of imide groups is 1. The van der Waals surface area contributed by atoms with Crippen LogP contribution in [0, 0.1) is 10.1 Å². The molecule has 0 saturated carbocycles. The number of hydrogen-bond acceptors (Lipinski definition) is 5. The maximum Gasteiger partial charge on any atom is 0.325 e. The van der Waals surface area contributed by atoms with Crippen LogP contribution < -0.4 is 5.32 Å². The molecule has 0 bridgehead atoms. The zero-order chi connectivity index (χ0) is 23.7. The predicted molar refractivity (Wildman–Crippen MR) is 117 cm³/mol. The topological polar surface area (TPSA) is 113 Å². The van der Waals surface area contributed by atoms with Crippen molar-refractivity contribution >= 4 is 23.5 Å². The molecular formula is C23H26N4O5. The number of nitrogens with zero attached hydrogens (tertiary/aromatic N) is 3. The van der Waals surface area contributed by atoms with Crippen molar-refractivity contribution in [2.24, 2.45) is 0 Å². The summed E-state index contributed by atoms with van der Waals surface area (Å²) in [6.45, 7) is 7.12. The summed E-state index contributed by atoms with van der Waals surface area (Å²) in [5.41, 5.74) is -0.744. The highest BCUT2D eigenvalue weighted by Crippen LogP contribution is 2.30. The van der Waals surface area contributed by atoms with E-state index in [-0.39, 0.29) is 11.6 Å². The molecule has 4 amide bonds. The second kappa shape index (κ2) is 8.41. The first kappa shape index (κ1) is 22.9. The first-order chi connectivity index (χ1) is 14.9. The fourth-order valence-corrected chi connectivity index (χ4v) is 3.64. The van der Waals surface area contributed by atoms with Crippen LogP contribution in [-0.4, -0.2) is 44.7 Å². The van der Waals surface area contributed by atoms with Gasteiger partial charge in [0, 0.05) is 24.2 Å². The van der Waals surface area contributed by atoms with Crippen molar-refractivity contribution in [2.75, 3.05) is 6.54 Å². The lowest BCUT2D eigenvalue weighted by Crippen LogP contribution is -2.50. The number of hydrogen-bond donors (Lipinski definition) is 1. The minimum absolute atomic E-state index is 0.122. The van der Waals surface area contributed by atoms with Gasteiger partial charge in [-0.3, -0.25) is 24.6 Å². The van der Waals surface area contributed by atoms with E-state index in [0.29, 0.717) is 12.1 Å². The Morgan fingerprint density at radius 1 is 1.09 bits per heavy atom. The molecule has 3 rings (SSSR count). The molecule has 0 aromatic heterocycles. The number of rotatable bonds is 6. The molecular weight excluding hydrogens is 412 g/mol. The molecule has 168 valence electrons. The average Bonchev–Trinajstić information content (AvgIpc) is 2.96. The van der Waals surface area contributed by atoms with E-state index in [2.05, 4.69) is 5.32 Å². The van der Waals surface area contributed by atoms with Crippen LogP contribution in [0.1, 0.15) is 38.8 Å². The van der Waals surface area contributed by atoms with Crippen molar-refractivity contribution < 1.29 is 19.3 Å². The minimum Gasteiger partial charge on any atom is -0.332 e. The van der Waals surface area contributed by atoms with Gasteiger partial charge in [0.1, 0.15) is 12.1 Å². The minimum atomic E-state index is -1.42. The normalized spacial score (nSPS) is 18.4. The summed E-state index contributed by atoms with van der Waals surface area (Å²) in [5.74, 6) is -0.948. The van der Waals surface area contributed by atoms with Crippen molar-refractivity contribution in [1.29, 1.82) is 0 Å². The summed E-state index contributed by atoms with van der Waals surface area (Å²) >= 11 is 0. The van der Waals surface area contributed by atoms with Gasteiger partial charge >= 0.3 is 6.03 Å². The summed E-state index contributed by atoms with van der Waals surface area (Å²) in [5, 5.41) is 13.5. The molecule has 9 heteroatoms. The maximum atomic E-state index is 13.2. The third kappa shape index (κ3) is 4.46. The third-order valence-corrected chi connectivity index (χ3v) is 5.52. The molecule has 1 aliphatic rings. The van der Waals surface area contributed by atoms with Gasteiger partial charge in [-0.15, -0.1) is 0 Å². The van der Waals surface area contributed by atoms with Gasteiger partial charge in [0.2, 0.25) is 5.91 Å². The number of amides is 4. The largest absolute Gasteiger partial charge is 0.332 e. The summed E-state index contributed by atoms with van der Waals surface area (Å²) in [7, 11) is 0. The number of urea groups is 1. The molecule has 2 aromatic rings. The van der Waals surface area contributed by atoms with Gasteiger partial charge in [0.15, 0.2) is 0 Å². The van der Waals surface area contributed by atoms with E-state index >= 15 is 0 Å². The molecule has 1 N–H and O–H groups in total. The Bertz CT molecular complexity index is 1050. The average molecular weight is 438 g/mol. The van der Waals surface area contributed by atoms with E-state index in [9.17, 15) is 24.5 Å². The van der Waals surface area contributed by atoms with E-state index in [4.69, 9.17) is 0 Å². The van der Waals surface area contributed by atoms with Crippen LogP contribution in [0.15, 0.2) is 54.6 Å². The lowest BCUT2D eigenvalue weighted by molar-refractivity contribution is -0.384. The molecule has 0 unspecified atom stereocenters. The Morgan fingerprint density at radius 2 is 1.69 bits per heavy atom. The molecule has 1 fully saturated rings. The van der Waals surface area contributed by atoms with Gasteiger partial charge < -0.3 is 10.2 Å². The van der Waals surface area contributed by atoms with Crippen LogP contribution in [0.2, 0.25) is 0 Å². The highest BCUT2D eigenvalue weighted by molar-refractivity contribution is 6.09. The number of non-ortho nitro benzene ring substituents is 1. The first-order valence-electron chi connectivity index (χ1n) is 10.2. The smallest absolute Gasteiger partial charge is 0.325 e. The Kier molecular flexibility index (Phi) is 6.03. The number of nitro benzene ring substituents is 1. The van der Waals surface area contributed by atoms with Crippen molar-refractivity contribution in [3.63, 3.8) is 0 Å². The zero-order valence-electron chi connectivity index (χ0n) is 18.5. The van der Waals surface area contributed by atoms with E-state index < -0.39 is 34.5 Å². The number of nitrogens with one attached hydrogen (secondary N) is 1. The van der Waals surface area contributed by atoms with Gasteiger partial charge in [-0.25, -0.2) is 4.79 Å². The van der Waals surface area contributed by atoms with Crippen molar-refractivity contribution in [3.05, 3.63) is 75.8 Å². The highest BCUT2D eigenvalue weighted by Gasteiger charge is 2.50. The lowest BCUT2D eigenvalue weighted by atomic mass is 9.92. The standard InChI is InChI=1S/C23H26N4O5/c1-22(2,3)26(14-16-8-6-5-7-9-16)19(28)15-25-20(29)23(4,24-21(25)30)17-10-12-18(13-11-17)27(31)32/h5-13H,14-15H2,1-4H3,(H,24,30)/t23-/m0/s1. The van der Waals surface area contributed by atoms with Crippen LogP contribution >= 0.6 is 0 Å². The second-order valence-electron chi connectivity index (χ2n) is 8.89. The number of benzene rings is 2.